The van der Waals surface area contributed by atoms with E-state index in [1.54, 1.807) is 11.0 Å². The molecule has 21 heavy (non-hydrogen) atoms. The quantitative estimate of drug-likeness (QED) is 0.884. The highest BCUT2D eigenvalue weighted by Gasteiger charge is 2.18. The zero-order valence-electron chi connectivity index (χ0n) is 12.2. The van der Waals surface area contributed by atoms with Gasteiger partial charge >= 0.3 is 0 Å². The molecule has 1 heterocycles. The molecule has 0 fully saturated rings. The van der Waals surface area contributed by atoms with Crippen molar-refractivity contribution in [2.45, 2.75) is 26.7 Å². The van der Waals surface area contributed by atoms with Crippen molar-refractivity contribution in [2.75, 3.05) is 11.9 Å². The minimum absolute atomic E-state index is 0.0255. The van der Waals surface area contributed by atoms with Crippen LogP contribution in [0, 0.1) is 16.7 Å². The molecule has 0 saturated heterocycles. The fourth-order valence-electron chi connectivity index (χ4n) is 2.03. The highest BCUT2D eigenvalue weighted by Crippen LogP contribution is 2.29. The van der Waals surface area contributed by atoms with E-state index < -0.39 is 0 Å². The lowest BCUT2D eigenvalue weighted by molar-refractivity contribution is 0.364. The van der Waals surface area contributed by atoms with Crippen molar-refractivity contribution < 1.29 is 0 Å². The zero-order valence-corrected chi connectivity index (χ0v) is 12.9. The van der Waals surface area contributed by atoms with Crippen LogP contribution in [0.5, 0.6) is 0 Å². The smallest absolute Gasteiger partial charge is 0.138 e. The predicted octanol–water partition coefficient (Wildman–Crippen LogP) is 3.66. The normalized spacial score (nSPS) is 11.1. The lowest BCUT2D eigenvalue weighted by Gasteiger charge is -2.25. The van der Waals surface area contributed by atoms with Gasteiger partial charge in [-0.3, -0.25) is 0 Å². The number of anilines is 1. The highest BCUT2D eigenvalue weighted by molar-refractivity contribution is 6.33. The SMILES string of the molecule is CC(C)(CCC#N)CNc1cccc(Cl)c1-n1cncn1. The third-order valence-corrected chi connectivity index (χ3v) is 3.61. The fraction of sp³-hybridized carbons (Fsp3) is 0.400. The van der Waals surface area contributed by atoms with Gasteiger partial charge in [-0.25, -0.2) is 9.67 Å². The first-order valence-corrected chi connectivity index (χ1v) is 7.16. The number of rotatable bonds is 6. The Kier molecular flexibility index (Phi) is 4.81. The Morgan fingerprint density at radius 1 is 1.43 bits per heavy atom. The van der Waals surface area contributed by atoms with Gasteiger partial charge in [0.25, 0.3) is 0 Å². The van der Waals surface area contributed by atoms with Crippen LogP contribution >= 0.6 is 11.6 Å². The second-order valence-electron chi connectivity index (χ2n) is 5.65. The molecule has 0 aliphatic heterocycles. The Labute approximate surface area is 129 Å². The van der Waals surface area contributed by atoms with Crippen molar-refractivity contribution >= 4 is 17.3 Å². The predicted molar refractivity (Wildman–Crippen MR) is 83.5 cm³/mol. The molecule has 0 aliphatic rings. The topological polar surface area (TPSA) is 66.5 Å². The van der Waals surface area contributed by atoms with Gasteiger partial charge in [-0.2, -0.15) is 10.4 Å². The maximum absolute atomic E-state index is 8.71. The third-order valence-electron chi connectivity index (χ3n) is 3.31. The average Bonchev–Trinajstić information content (AvgIpc) is 2.97. The molecule has 0 atom stereocenters. The molecule has 5 nitrogen and oxygen atoms in total. The lowest BCUT2D eigenvalue weighted by atomic mass is 9.88. The van der Waals surface area contributed by atoms with Crippen molar-refractivity contribution in [1.29, 1.82) is 5.26 Å². The molecule has 6 heteroatoms. The van der Waals surface area contributed by atoms with Crippen LogP contribution in [0.25, 0.3) is 5.69 Å². The number of aromatic nitrogens is 3. The summed E-state index contributed by atoms with van der Waals surface area (Å²) in [7, 11) is 0. The summed E-state index contributed by atoms with van der Waals surface area (Å²) < 4.78 is 1.65. The van der Waals surface area contributed by atoms with Gasteiger partial charge < -0.3 is 5.32 Å². The van der Waals surface area contributed by atoms with Gasteiger partial charge in [-0.1, -0.05) is 31.5 Å². The summed E-state index contributed by atoms with van der Waals surface area (Å²) in [6, 6.07) is 7.88. The zero-order chi connectivity index (χ0) is 15.3. The van der Waals surface area contributed by atoms with Gasteiger partial charge in [0.2, 0.25) is 0 Å². The molecule has 1 N–H and O–H groups in total. The number of nitrogens with zero attached hydrogens (tertiary/aromatic N) is 4. The van der Waals surface area contributed by atoms with Gasteiger partial charge in [0.1, 0.15) is 18.3 Å². The first-order valence-electron chi connectivity index (χ1n) is 6.78. The second-order valence-corrected chi connectivity index (χ2v) is 6.06. The number of hydrogen-bond acceptors (Lipinski definition) is 4. The number of nitriles is 1. The van der Waals surface area contributed by atoms with Crippen molar-refractivity contribution in [3.05, 3.63) is 35.9 Å². The van der Waals surface area contributed by atoms with Crippen LogP contribution in [-0.2, 0) is 0 Å². The van der Waals surface area contributed by atoms with Crippen molar-refractivity contribution in [3.8, 4) is 11.8 Å². The largest absolute Gasteiger partial charge is 0.383 e. The number of benzene rings is 1. The summed E-state index contributed by atoms with van der Waals surface area (Å²) in [6.45, 7) is 5.02. The fourth-order valence-corrected chi connectivity index (χ4v) is 2.29. The molecule has 2 aromatic rings. The molecule has 110 valence electrons. The Morgan fingerprint density at radius 3 is 2.90 bits per heavy atom. The van der Waals surface area contributed by atoms with E-state index in [1.807, 2.05) is 18.2 Å². The molecule has 0 bridgehead atoms. The van der Waals surface area contributed by atoms with E-state index >= 15 is 0 Å². The lowest BCUT2D eigenvalue weighted by Crippen LogP contribution is -2.23. The minimum Gasteiger partial charge on any atom is -0.383 e. The molecule has 1 aromatic carbocycles. The summed E-state index contributed by atoms with van der Waals surface area (Å²) in [5.74, 6) is 0. The van der Waals surface area contributed by atoms with Gasteiger partial charge in [0.05, 0.1) is 16.8 Å². The number of para-hydroxylation sites is 1. The molecular weight excluding hydrogens is 286 g/mol. The van der Waals surface area contributed by atoms with E-state index in [2.05, 4.69) is 35.3 Å². The van der Waals surface area contributed by atoms with E-state index in [-0.39, 0.29) is 5.41 Å². The molecule has 0 radical (unpaired) electrons. The number of hydrogen-bond donors (Lipinski definition) is 1. The van der Waals surface area contributed by atoms with Crippen molar-refractivity contribution in [2.24, 2.45) is 5.41 Å². The van der Waals surface area contributed by atoms with E-state index in [4.69, 9.17) is 16.9 Å². The van der Waals surface area contributed by atoms with E-state index in [1.165, 1.54) is 6.33 Å². The van der Waals surface area contributed by atoms with Crippen LogP contribution in [0.4, 0.5) is 5.69 Å². The summed E-state index contributed by atoms with van der Waals surface area (Å²) in [6.07, 6.45) is 4.49. The third kappa shape index (κ3) is 3.96. The van der Waals surface area contributed by atoms with Crippen LogP contribution in [0.2, 0.25) is 5.02 Å². The van der Waals surface area contributed by atoms with E-state index in [0.717, 1.165) is 24.3 Å². The summed E-state index contributed by atoms with van der Waals surface area (Å²) in [5, 5.41) is 16.9. The second kappa shape index (κ2) is 6.59. The van der Waals surface area contributed by atoms with Crippen LogP contribution in [0.15, 0.2) is 30.9 Å². The average molecular weight is 304 g/mol. The maximum atomic E-state index is 8.71. The summed E-state index contributed by atoms with van der Waals surface area (Å²) in [4.78, 5) is 3.96. The molecule has 2 rings (SSSR count). The van der Waals surface area contributed by atoms with E-state index in [9.17, 15) is 0 Å². The first kappa shape index (κ1) is 15.3. The molecule has 1 aromatic heterocycles. The molecule has 0 amide bonds. The Bertz CT molecular complexity index is 628. The summed E-state index contributed by atoms with van der Waals surface area (Å²) >= 11 is 6.28. The Hall–Kier alpha value is -2.06. The van der Waals surface area contributed by atoms with Crippen molar-refractivity contribution in [1.82, 2.24) is 14.8 Å². The first-order chi connectivity index (χ1) is 10.0. The molecule has 0 saturated carbocycles. The molecule has 0 aliphatic carbocycles. The van der Waals surface area contributed by atoms with Gasteiger partial charge in [-0.15, -0.1) is 0 Å². The number of halogens is 1. The Morgan fingerprint density at radius 2 is 2.24 bits per heavy atom. The van der Waals surface area contributed by atoms with Crippen LogP contribution in [0.3, 0.4) is 0 Å². The molecular formula is C15H18ClN5. The minimum atomic E-state index is 0.0255. The summed E-state index contributed by atoms with van der Waals surface area (Å²) in [5.41, 5.74) is 1.71. The van der Waals surface area contributed by atoms with Gasteiger partial charge in [0, 0.05) is 13.0 Å². The maximum Gasteiger partial charge on any atom is 0.138 e. The Balaban J connectivity index is 2.18. The molecule has 0 spiro atoms. The van der Waals surface area contributed by atoms with Gasteiger partial charge in [-0.05, 0) is 24.0 Å². The monoisotopic (exact) mass is 303 g/mol. The standard InChI is InChI=1S/C15H18ClN5/c1-15(2,7-4-8-17)9-19-13-6-3-5-12(16)14(13)21-11-18-10-20-21/h3,5-6,10-11,19H,4,7,9H2,1-2H3. The van der Waals surface area contributed by atoms with Crippen LogP contribution in [-0.4, -0.2) is 21.3 Å². The van der Waals surface area contributed by atoms with E-state index in [0.29, 0.717) is 11.4 Å². The number of nitrogens with one attached hydrogen (secondary N) is 1. The highest BCUT2D eigenvalue weighted by atomic mass is 35.5. The van der Waals surface area contributed by atoms with Crippen LogP contribution in [0.1, 0.15) is 26.7 Å². The molecule has 0 unspecified atom stereocenters. The van der Waals surface area contributed by atoms with Crippen molar-refractivity contribution in [3.63, 3.8) is 0 Å². The van der Waals surface area contributed by atoms with Gasteiger partial charge in [0.15, 0.2) is 0 Å². The van der Waals surface area contributed by atoms with Crippen LogP contribution < -0.4 is 5.32 Å².